The van der Waals surface area contributed by atoms with E-state index in [0.29, 0.717) is 34.8 Å². The smallest absolute Gasteiger partial charge is 0.337 e. The van der Waals surface area contributed by atoms with Gasteiger partial charge in [0.1, 0.15) is 0 Å². The van der Waals surface area contributed by atoms with Crippen molar-refractivity contribution in [3.8, 4) is 6.07 Å². The Kier molecular flexibility index (Phi) is 5.59. The number of hydrogen-bond acceptors (Lipinski definition) is 7. The molecule has 0 unspecified atom stereocenters. The Balaban J connectivity index is 2.11. The summed E-state index contributed by atoms with van der Waals surface area (Å²) in [6, 6.07) is 6.83. The molecule has 2 atom stereocenters. The molecule has 0 spiro atoms. The van der Waals surface area contributed by atoms with E-state index >= 15 is 0 Å². The third-order valence-corrected chi connectivity index (χ3v) is 5.20. The lowest BCUT2D eigenvalue weighted by atomic mass is 10.1. The van der Waals surface area contributed by atoms with Crippen molar-refractivity contribution in [2.24, 2.45) is 0 Å². The predicted octanol–water partition coefficient (Wildman–Crippen LogP) is 2.37. The van der Waals surface area contributed by atoms with Gasteiger partial charge < -0.3 is 9.47 Å². The van der Waals surface area contributed by atoms with Gasteiger partial charge in [0.15, 0.2) is 5.16 Å². The molecule has 136 valence electrons. The number of nitrogens with zero attached hydrogens (tertiary/aromatic N) is 3. The van der Waals surface area contributed by atoms with Crippen molar-refractivity contribution in [3.05, 3.63) is 34.1 Å². The summed E-state index contributed by atoms with van der Waals surface area (Å²) >= 11 is 1.22. The molecule has 26 heavy (non-hydrogen) atoms. The molecule has 3 rings (SSSR count). The molecule has 1 aliphatic heterocycles. The van der Waals surface area contributed by atoms with Crippen molar-refractivity contribution in [2.45, 2.75) is 42.8 Å². The van der Waals surface area contributed by atoms with Gasteiger partial charge in [0.2, 0.25) is 0 Å². The molecule has 0 saturated carbocycles. The second-order valence-electron chi connectivity index (χ2n) is 6.06. The number of hydrogen-bond donors (Lipinski definition) is 0. The second-order valence-corrected chi connectivity index (χ2v) is 7.37. The molecule has 7 nitrogen and oxygen atoms in total. The van der Waals surface area contributed by atoms with Gasteiger partial charge in [-0.3, -0.25) is 9.36 Å². The van der Waals surface area contributed by atoms with Crippen LogP contribution in [0.3, 0.4) is 0 Å². The SMILES string of the molecule is COC(=O)c1ccc2c(=O)n(C[C@@H]3CCCO3)c(S[C@H](C)C#N)nc2c1. The fourth-order valence-electron chi connectivity index (χ4n) is 2.87. The molecule has 1 aliphatic rings. The molecular weight excluding hydrogens is 354 g/mol. The highest BCUT2D eigenvalue weighted by molar-refractivity contribution is 8.00. The number of carbonyl (C=O) groups is 1. The Morgan fingerprint density at radius 1 is 1.58 bits per heavy atom. The quantitative estimate of drug-likeness (QED) is 0.451. The zero-order valence-corrected chi connectivity index (χ0v) is 15.4. The van der Waals surface area contributed by atoms with Crippen LogP contribution in [0.4, 0.5) is 0 Å². The van der Waals surface area contributed by atoms with Crippen molar-refractivity contribution in [1.82, 2.24) is 9.55 Å². The number of esters is 1. The van der Waals surface area contributed by atoms with E-state index in [-0.39, 0.29) is 16.9 Å². The largest absolute Gasteiger partial charge is 0.465 e. The number of fused-ring (bicyclic) bond motifs is 1. The van der Waals surface area contributed by atoms with E-state index in [1.165, 1.54) is 18.9 Å². The third-order valence-electron chi connectivity index (χ3n) is 4.22. The number of methoxy groups -OCH3 is 1. The van der Waals surface area contributed by atoms with Gasteiger partial charge in [-0.05, 0) is 38.0 Å². The number of nitriles is 1. The maximum Gasteiger partial charge on any atom is 0.337 e. The zero-order chi connectivity index (χ0) is 18.7. The van der Waals surface area contributed by atoms with E-state index < -0.39 is 5.97 Å². The molecule has 1 aromatic heterocycles. The first-order valence-electron chi connectivity index (χ1n) is 8.34. The van der Waals surface area contributed by atoms with Crippen LogP contribution in [0.2, 0.25) is 0 Å². The van der Waals surface area contributed by atoms with Crippen molar-refractivity contribution in [3.63, 3.8) is 0 Å². The first kappa shape index (κ1) is 18.4. The van der Waals surface area contributed by atoms with Gasteiger partial charge in [-0.15, -0.1) is 0 Å². The van der Waals surface area contributed by atoms with Crippen molar-refractivity contribution in [2.75, 3.05) is 13.7 Å². The van der Waals surface area contributed by atoms with Crippen molar-refractivity contribution < 1.29 is 14.3 Å². The van der Waals surface area contributed by atoms with Crippen molar-refractivity contribution in [1.29, 1.82) is 5.26 Å². The lowest BCUT2D eigenvalue weighted by Crippen LogP contribution is -2.29. The van der Waals surface area contributed by atoms with E-state index in [1.807, 2.05) is 0 Å². The summed E-state index contributed by atoms with van der Waals surface area (Å²) in [5, 5.41) is 9.64. The summed E-state index contributed by atoms with van der Waals surface area (Å²) in [5.74, 6) is -0.489. The van der Waals surface area contributed by atoms with Crippen LogP contribution in [0.5, 0.6) is 0 Å². The van der Waals surface area contributed by atoms with Gasteiger partial charge in [0, 0.05) is 6.61 Å². The number of aromatic nitrogens is 2. The minimum Gasteiger partial charge on any atom is -0.465 e. The number of ether oxygens (including phenoxy) is 2. The highest BCUT2D eigenvalue weighted by Gasteiger charge is 2.21. The molecule has 1 fully saturated rings. The zero-order valence-electron chi connectivity index (χ0n) is 14.6. The summed E-state index contributed by atoms with van der Waals surface area (Å²) in [5.41, 5.74) is 0.539. The standard InChI is InChI=1S/C18H19N3O4S/c1-11(9-19)26-18-20-15-8-12(17(23)24-2)5-6-14(15)16(22)21(18)10-13-4-3-7-25-13/h5-6,8,11,13H,3-4,7,10H2,1-2H3/t11-,13+/m1/s1. The van der Waals surface area contributed by atoms with Crippen LogP contribution >= 0.6 is 11.8 Å². The second kappa shape index (κ2) is 7.89. The van der Waals surface area contributed by atoms with Crippen molar-refractivity contribution >= 4 is 28.6 Å². The van der Waals surface area contributed by atoms with Gasteiger partial charge in [-0.25, -0.2) is 9.78 Å². The Labute approximate surface area is 154 Å². The lowest BCUT2D eigenvalue weighted by Gasteiger charge is -2.17. The van der Waals surface area contributed by atoms with E-state index in [0.717, 1.165) is 12.8 Å². The van der Waals surface area contributed by atoms with Crippen LogP contribution in [0, 0.1) is 11.3 Å². The van der Waals surface area contributed by atoms with Crippen LogP contribution in [-0.4, -0.2) is 40.6 Å². The van der Waals surface area contributed by atoms with E-state index in [9.17, 15) is 9.59 Å². The van der Waals surface area contributed by atoms with Crippen LogP contribution in [0.15, 0.2) is 28.2 Å². The van der Waals surface area contributed by atoms with Gasteiger partial charge >= 0.3 is 5.97 Å². The van der Waals surface area contributed by atoms with Gasteiger partial charge in [0.25, 0.3) is 5.56 Å². The molecule has 1 aromatic carbocycles. The average molecular weight is 373 g/mol. The van der Waals surface area contributed by atoms with Crippen LogP contribution in [0.25, 0.3) is 10.9 Å². The minimum atomic E-state index is -0.489. The van der Waals surface area contributed by atoms with E-state index in [1.54, 1.807) is 29.7 Å². The van der Waals surface area contributed by atoms with Gasteiger partial charge in [-0.1, -0.05) is 11.8 Å². The molecule has 2 aromatic rings. The first-order chi connectivity index (χ1) is 12.5. The molecule has 0 aliphatic carbocycles. The maximum atomic E-state index is 13.0. The highest BCUT2D eigenvalue weighted by atomic mass is 32.2. The summed E-state index contributed by atoms with van der Waals surface area (Å²) in [6.45, 7) is 2.85. The molecule has 2 heterocycles. The maximum absolute atomic E-state index is 13.0. The first-order valence-corrected chi connectivity index (χ1v) is 9.22. The summed E-state index contributed by atoms with van der Waals surface area (Å²) in [6.07, 6.45) is 1.84. The fourth-order valence-corrected chi connectivity index (χ4v) is 3.68. The molecule has 0 bridgehead atoms. The number of benzene rings is 1. The van der Waals surface area contributed by atoms with Crippen LogP contribution in [0.1, 0.15) is 30.1 Å². The third kappa shape index (κ3) is 3.74. The summed E-state index contributed by atoms with van der Waals surface area (Å²) in [7, 11) is 1.30. The molecule has 1 saturated heterocycles. The van der Waals surface area contributed by atoms with Crippen LogP contribution < -0.4 is 5.56 Å². The lowest BCUT2D eigenvalue weighted by molar-refractivity contribution is 0.0601. The van der Waals surface area contributed by atoms with Crippen LogP contribution in [-0.2, 0) is 16.0 Å². The van der Waals surface area contributed by atoms with Gasteiger partial charge in [-0.2, -0.15) is 5.26 Å². The normalized spacial score (nSPS) is 17.8. The molecule has 0 amide bonds. The average Bonchev–Trinajstić information content (AvgIpc) is 3.16. The molecule has 0 radical (unpaired) electrons. The van der Waals surface area contributed by atoms with E-state index in [4.69, 9.17) is 14.7 Å². The number of thioether (sulfide) groups is 1. The Hall–Kier alpha value is -2.37. The predicted molar refractivity (Wildman–Crippen MR) is 97.2 cm³/mol. The summed E-state index contributed by atoms with van der Waals surface area (Å²) < 4.78 is 12.0. The topological polar surface area (TPSA) is 94.2 Å². The highest BCUT2D eigenvalue weighted by Crippen LogP contribution is 2.24. The fraction of sp³-hybridized carbons (Fsp3) is 0.444. The Morgan fingerprint density at radius 2 is 2.38 bits per heavy atom. The molecular formula is C18H19N3O4S. The molecule has 8 heteroatoms. The van der Waals surface area contributed by atoms with E-state index in [2.05, 4.69) is 11.1 Å². The monoisotopic (exact) mass is 373 g/mol. The number of carbonyl (C=O) groups excluding carboxylic acids is 1. The summed E-state index contributed by atoms with van der Waals surface area (Å²) in [4.78, 5) is 29.3. The Bertz CT molecular complexity index is 928. The Morgan fingerprint density at radius 3 is 3.04 bits per heavy atom. The molecule has 0 N–H and O–H groups in total. The number of rotatable bonds is 5. The minimum absolute atomic E-state index is 0.0296. The van der Waals surface area contributed by atoms with Gasteiger partial charge in [0.05, 0.1) is 47.5 Å².